The minimum atomic E-state index is 0.135. The first kappa shape index (κ1) is 16.5. The summed E-state index contributed by atoms with van der Waals surface area (Å²) in [7, 11) is 4.34. The minimum absolute atomic E-state index is 0.135. The van der Waals surface area contributed by atoms with E-state index in [4.69, 9.17) is 5.73 Å². The average Bonchev–Trinajstić information content (AvgIpc) is 2.43. The number of piperidine rings is 1. The van der Waals surface area contributed by atoms with Crippen LogP contribution >= 0.6 is 0 Å². The van der Waals surface area contributed by atoms with Crippen LogP contribution < -0.4 is 5.73 Å². The van der Waals surface area contributed by atoms with Gasteiger partial charge in [0.15, 0.2) is 0 Å². The van der Waals surface area contributed by atoms with Crippen LogP contribution in [-0.2, 0) is 0 Å². The van der Waals surface area contributed by atoms with E-state index < -0.39 is 0 Å². The van der Waals surface area contributed by atoms with E-state index in [0.717, 1.165) is 12.5 Å². The Morgan fingerprint density at radius 2 is 1.90 bits per heavy atom. The molecule has 1 atom stereocenters. The molecule has 2 rings (SSSR count). The summed E-state index contributed by atoms with van der Waals surface area (Å²) in [6.07, 6.45) is 2.61. The lowest BCUT2D eigenvalue weighted by Gasteiger charge is -2.34. The lowest BCUT2D eigenvalue weighted by molar-refractivity contribution is 0.156. The second-order valence-electron chi connectivity index (χ2n) is 6.97. The van der Waals surface area contributed by atoms with Crippen molar-refractivity contribution < 1.29 is 0 Å². The Labute approximate surface area is 130 Å². The summed E-state index contributed by atoms with van der Waals surface area (Å²) in [6, 6.07) is 6.74. The highest BCUT2D eigenvalue weighted by atomic mass is 15.1. The van der Waals surface area contributed by atoms with E-state index in [1.54, 1.807) is 0 Å². The fourth-order valence-electron chi connectivity index (χ4n) is 3.40. The van der Waals surface area contributed by atoms with Crippen molar-refractivity contribution in [1.82, 2.24) is 9.80 Å². The summed E-state index contributed by atoms with van der Waals surface area (Å²) in [5.74, 6) is 0.855. The minimum Gasteiger partial charge on any atom is -0.323 e. The van der Waals surface area contributed by atoms with E-state index in [1.165, 1.54) is 49.2 Å². The fraction of sp³-hybridized carbons (Fsp3) is 0.667. The Balaban J connectivity index is 1.87. The number of nitrogens with zero attached hydrogens (tertiary/aromatic N) is 2. The van der Waals surface area contributed by atoms with Crippen molar-refractivity contribution in [1.29, 1.82) is 0 Å². The number of hydrogen-bond acceptors (Lipinski definition) is 3. The molecule has 2 N–H and O–H groups in total. The van der Waals surface area contributed by atoms with Crippen LogP contribution in [0.1, 0.15) is 35.6 Å². The molecule has 0 amide bonds. The van der Waals surface area contributed by atoms with Crippen molar-refractivity contribution in [2.24, 2.45) is 11.7 Å². The third-order valence-corrected chi connectivity index (χ3v) is 4.62. The predicted molar refractivity (Wildman–Crippen MR) is 90.6 cm³/mol. The summed E-state index contributed by atoms with van der Waals surface area (Å²) < 4.78 is 0. The van der Waals surface area contributed by atoms with E-state index in [0.29, 0.717) is 0 Å². The van der Waals surface area contributed by atoms with Crippen molar-refractivity contribution in [3.05, 3.63) is 34.9 Å². The molecule has 3 heteroatoms. The average molecular weight is 289 g/mol. The molecule has 1 aromatic rings. The lowest BCUT2D eigenvalue weighted by atomic mass is 9.94. The van der Waals surface area contributed by atoms with Gasteiger partial charge in [-0.2, -0.15) is 0 Å². The Morgan fingerprint density at radius 3 is 2.52 bits per heavy atom. The number of benzene rings is 1. The second-order valence-corrected chi connectivity index (χ2v) is 6.97. The largest absolute Gasteiger partial charge is 0.323 e. The number of nitrogens with two attached hydrogens (primary N) is 1. The molecule has 0 aliphatic carbocycles. The zero-order valence-corrected chi connectivity index (χ0v) is 14.1. The SMILES string of the molecule is Cc1ccc(C)c(C(N)CN2CCC(CN(C)C)CC2)c1. The topological polar surface area (TPSA) is 32.5 Å². The van der Waals surface area contributed by atoms with Crippen LogP contribution in [0.15, 0.2) is 18.2 Å². The van der Waals surface area contributed by atoms with Crippen molar-refractivity contribution in [2.75, 3.05) is 40.3 Å². The van der Waals surface area contributed by atoms with E-state index >= 15 is 0 Å². The lowest BCUT2D eigenvalue weighted by Crippen LogP contribution is -2.40. The molecule has 0 radical (unpaired) electrons. The van der Waals surface area contributed by atoms with Crippen molar-refractivity contribution in [2.45, 2.75) is 32.7 Å². The quantitative estimate of drug-likeness (QED) is 0.904. The van der Waals surface area contributed by atoms with Gasteiger partial charge in [-0.05, 0) is 70.9 Å². The molecule has 0 bridgehead atoms. The van der Waals surface area contributed by atoms with Gasteiger partial charge in [-0.1, -0.05) is 23.8 Å². The molecule has 1 saturated heterocycles. The van der Waals surface area contributed by atoms with Crippen molar-refractivity contribution in [3.8, 4) is 0 Å². The molecule has 1 fully saturated rings. The maximum Gasteiger partial charge on any atom is 0.0427 e. The van der Waals surface area contributed by atoms with Gasteiger partial charge in [0.1, 0.15) is 0 Å². The third kappa shape index (κ3) is 4.80. The first-order valence-electron chi connectivity index (χ1n) is 8.15. The zero-order chi connectivity index (χ0) is 15.4. The number of rotatable bonds is 5. The van der Waals surface area contributed by atoms with Crippen LogP contribution in [-0.4, -0.2) is 50.1 Å². The monoisotopic (exact) mass is 289 g/mol. The van der Waals surface area contributed by atoms with Gasteiger partial charge in [0.25, 0.3) is 0 Å². The van der Waals surface area contributed by atoms with Gasteiger partial charge < -0.3 is 15.5 Å². The summed E-state index contributed by atoms with van der Waals surface area (Å²) in [4.78, 5) is 4.85. The number of likely N-dealkylation sites (tertiary alicyclic amines) is 1. The predicted octanol–water partition coefficient (Wildman–Crippen LogP) is 2.58. The molecule has 21 heavy (non-hydrogen) atoms. The normalized spacial score (nSPS) is 19.1. The summed E-state index contributed by atoms with van der Waals surface area (Å²) in [5, 5.41) is 0. The summed E-state index contributed by atoms with van der Waals surface area (Å²) >= 11 is 0. The molecule has 3 nitrogen and oxygen atoms in total. The molecule has 1 aliphatic rings. The highest BCUT2D eigenvalue weighted by molar-refractivity contribution is 5.33. The van der Waals surface area contributed by atoms with Crippen molar-refractivity contribution in [3.63, 3.8) is 0 Å². The highest BCUT2D eigenvalue weighted by Gasteiger charge is 2.21. The van der Waals surface area contributed by atoms with E-state index in [1.807, 2.05) is 0 Å². The van der Waals surface area contributed by atoms with Crippen LogP contribution in [0.2, 0.25) is 0 Å². The molecule has 0 spiro atoms. The summed E-state index contributed by atoms with van der Waals surface area (Å²) in [5.41, 5.74) is 10.4. The van der Waals surface area contributed by atoms with E-state index in [2.05, 4.69) is 55.9 Å². The standard InChI is InChI=1S/C18H31N3/c1-14-5-6-15(2)17(11-14)18(19)13-21-9-7-16(8-10-21)12-20(3)4/h5-6,11,16,18H,7-10,12-13,19H2,1-4H3. The molecule has 1 aliphatic heterocycles. The van der Waals surface area contributed by atoms with Crippen LogP contribution in [0.25, 0.3) is 0 Å². The van der Waals surface area contributed by atoms with Gasteiger partial charge >= 0.3 is 0 Å². The molecular weight excluding hydrogens is 258 g/mol. The highest BCUT2D eigenvalue weighted by Crippen LogP contribution is 2.22. The Hall–Kier alpha value is -0.900. The van der Waals surface area contributed by atoms with Crippen molar-refractivity contribution >= 4 is 0 Å². The fourth-order valence-corrected chi connectivity index (χ4v) is 3.40. The van der Waals surface area contributed by atoms with E-state index in [-0.39, 0.29) is 6.04 Å². The smallest absolute Gasteiger partial charge is 0.0427 e. The molecule has 1 aromatic carbocycles. The van der Waals surface area contributed by atoms with Gasteiger partial charge in [-0.25, -0.2) is 0 Å². The van der Waals surface area contributed by atoms with Gasteiger partial charge in [0, 0.05) is 19.1 Å². The van der Waals surface area contributed by atoms with Crippen LogP contribution in [0.4, 0.5) is 0 Å². The van der Waals surface area contributed by atoms with Gasteiger partial charge in [-0.3, -0.25) is 0 Å². The van der Waals surface area contributed by atoms with Crippen LogP contribution in [0.3, 0.4) is 0 Å². The molecular formula is C18H31N3. The van der Waals surface area contributed by atoms with Crippen LogP contribution in [0.5, 0.6) is 0 Å². The maximum atomic E-state index is 6.46. The molecule has 0 saturated carbocycles. The third-order valence-electron chi connectivity index (χ3n) is 4.62. The molecule has 118 valence electrons. The first-order chi connectivity index (χ1) is 9.95. The van der Waals surface area contributed by atoms with Crippen LogP contribution in [0, 0.1) is 19.8 Å². The zero-order valence-electron chi connectivity index (χ0n) is 14.1. The van der Waals surface area contributed by atoms with E-state index in [9.17, 15) is 0 Å². The van der Waals surface area contributed by atoms with Gasteiger partial charge in [0.05, 0.1) is 0 Å². The van der Waals surface area contributed by atoms with Gasteiger partial charge in [-0.15, -0.1) is 0 Å². The first-order valence-corrected chi connectivity index (χ1v) is 8.15. The Kier molecular flexibility index (Phi) is 5.80. The summed E-state index contributed by atoms with van der Waals surface area (Å²) in [6.45, 7) is 8.89. The van der Waals surface area contributed by atoms with Gasteiger partial charge in [0.2, 0.25) is 0 Å². The Morgan fingerprint density at radius 1 is 1.24 bits per heavy atom. The molecule has 1 heterocycles. The Bertz CT molecular complexity index is 448. The second kappa shape index (κ2) is 7.39. The number of hydrogen-bond donors (Lipinski definition) is 1. The number of aryl methyl sites for hydroxylation is 2. The maximum absolute atomic E-state index is 6.46. The molecule has 1 unspecified atom stereocenters. The molecule has 0 aromatic heterocycles.